The van der Waals surface area contributed by atoms with Crippen molar-refractivity contribution in [2.45, 2.75) is 0 Å². The van der Waals surface area contributed by atoms with Gasteiger partial charge in [-0.15, -0.1) is 24.4 Å². The molecule has 0 spiro atoms. The van der Waals surface area contributed by atoms with Gasteiger partial charge >= 0.3 is 0 Å². The second-order valence-electron chi connectivity index (χ2n) is 2.96. The van der Waals surface area contributed by atoms with E-state index in [0.717, 1.165) is 4.47 Å². The summed E-state index contributed by atoms with van der Waals surface area (Å²) in [5.74, 6) is -0.450. The zero-order valence-electron chi connectivity index (χ0n) is 8.90. The lowest BCUT2D eigenvalue weighted by molar-refractivity contribution is -0.112. The Hall–Kier alpha value is -0.900. The molecule has 3 nitrogen and oxygen atoms in total. The molecule has 0 aromatic heterocycles. The summed E-state index contributed by atoms with van der Waals surface area (Å²) in [6, 6.07) is 8.95. The second kappa shape index (κ2) is 6.74. The number of hydrogen-bond acceptors (Lipinski definition) is 4. The van der Waals surface area contributed by atoms with Gasteiger partial charge in [-0.3, -0.25) is 4.79 Å². The number of carbonyl (C=O) groups excluding carboxylic acids is 1. The van der Waals surface area contributed by atoms with Crippen molar-refractivity contribution in [3.8, 4) is 6.07 Å². The van der Waals surface area contributed by atoms with E-state index in [0.29, 0.717) is 9.92 Å². The second-order valence-corrected chi connectivity index (χ2v) is 5.44. The first kappa shape index (κ1) is 14.2. The Balaban J connectivity index is 2.86. The van der Waals surface area contributed by atoms with Crippen LogP contribution in [0.25, 0.3) is 0 Å². The van der Waals surface area contributed by atoms with E-state index in [9.17, 15) is 4.79 Å². The Morgan fingerprint density at radius 2 is 2.06 bits per heavy atom. The molecule has 0 fully saturated rings. The predicted molar refractivity (Wildman–Crippen MR) is 77.9 cm³/mol. The van der Waals surface area contributed by atoms with Crippen LogP contribution in [0.5, 0.6) is 0 Å². The van der Waals surface area contributed by atoms with Gasteiger partial charge in [0.2, 0.25) is 0 Å². The molecule has 0 saturated carbocycles. The molecule has 0 aliphatic rings. The first-order valence-corrected chi connectivity index (χ1v) is 6.99. The van der Waals surface area contributed by atoms with Crippen LogP contribution in [0.1, 0.15) is 0 Å². The number of nitriles is 1. The fraction of sp³-hybridized carbons (Fsp3) is 0.0909. The van der Waals surface area contributed by atoms with E-state index in [-0.39, 0.29) is 5.57 Å². The SMILES string of the molecule is CSC(S)=C(C#N)C(=O)Nc1ccc(Br)cc1. The highest BCUT2D eigenvalue weighted by Gasteiger charge is 2.12. The molecule has 0 radical (unpaired) electrons. The Labute approximate surface area is 118 Å². The van der Waals surface area contributed by atoms with Gasteiger partial charge in [0, 0.05) is 10.2 Å². The van der Waals surface area contributed by atoms with Crippen LogP contribution in [0.2, 0.25) is 0 Å². The standard InChI is InChI=1S/C11H9BrN2OS2/c1-17-11(16)9(6-13)10(15)14-8-4-2-7(12)3-5-8/h2-5,16H,1H3,(H,14,15). The van der Waals surface area contributed by atoms with Crippen LogP contribution >= 0.6 is 40.3 Å². The van der Waals surface area contributed by atoms with Gasteiger partial charge in [0.05, 0.1) is 4.24 Å². The van der Waals surface area contributed by atoms with Crippen LogP contribution in [0, 0.1) is 11.3 Å². The first-order valence-electron chi connectivity index (χ1n) is 4.52. The summed E-state index contributed by atoms with van der Waals surface area (Å²) >= 11 is 8.63. The zero-order valence-corrected chi connectivity index (χ0v) is 12.2. The van der Waals surface area contributed by atoms with E-state index < -0.39 is 5.91 Å². The van der Waals surface area contributed by atoms with Crippen molar-refractivity contribution < 1.29 is 4.79 Å². The fourth-order valence-electron chi connectivity index (χ4n) is 1.02. The first-order chi connectivity index (χ1) is 8.08. The molecule has 6 heteroatoms. The lowest BCUT2D eigenvalue weighted by Gasteiger charge is -2.05. The van der Waals surface area contributed by atoms with Crippen molar-refractivity contribution in [2.24, 2.45) is 0 Å². The number of rotatable bonds is 3. The number of hydrogen-bond donors (Lipinski definition) is 2. The fourth-order valence-corrected chi connectivity index (χ4v) is 1.78. The molecule has 0 bridgehead atoms. The molecule has 0 unspecified atom stereocenters. The third kappa shape index (κ3) is 4.11. The molecule has 88 valence electrons. The van der Waals surface area contributed by atoms with Gasteiger partial charge in [-0.05, 0) is 30.5 Å². The number of nitrogens with one attached hydrogen (secondary N) is 1. The zero-order chi connectivity index (χ0) is 12.8. The third-order valence-corrected chi connectivity index (χ3v) is 3.74. The third-order valence-electron chi connectivity index (χ3n) is 1.85. The summed E-state index contributed by atoms with van der Waals surface area (Å²) < 4.78 is 1.33. The monoisotopic (exact) mass is 328 g/mol. The maximum atomic E-state index is 11.8. The minimum Gasteiger partial charge on any atom is -0.321 e. The minimum absolute atomic E-state index is 0.0174. The highest BCUT2D eigenvalue weighted by molar-refractivity contribution is 9.10. The summed E-state index contributed by atoms with van der Waals surface area (Å²) in [7, 11) is 0. The van der Waals surface area contributed by atoms with Crippen LogP contribution in [0.4, 0.5) is 5.69 Å². The number of thioether (sulfide) groups is 1. The number of halogens is 1. The molecular weight excluding hydrogens is 320 g/mol. The Morgan fingerprint density at radius 1 is 1.47 bits per heavy atom. The number of benzene rings is 1. The lowest BCUT2D eigenvalue weighted by atomic mass is 10.2. The van der Waals surface area contributed by atoms with Crippen LogP contribution in [-0.4, -0.2) is 12.2 Å². The van der Waals surface area contributed by atoms with Gasteiger partial charge in [0.1, 0.15) is 11.6 Å². The molecule has 1 aromatic rings. The van der Waals surface area contributed by atoms with E-state index >= 15 is 0 Å². The smallest absolute Gasteiger partial charge is 0.268 e. The van der Waals surface area contributed by atoms with Crippen LogP contribution < -0.4 is 5.32 Å². The molecule has 17 heavy (non-hydrogen) atoms. The van der Waals surface area contributed by atoms with E-state index in [4.69, 9.17) is 5.26 Å². The van der Waals surface area contributed by atoms with Crippen LogP contribution in [0.15, 0.2) is 38.5 Å². The summed E-state index contributed by atoms with van der Waals surface area (Å²) in [6.07, 6.45) is 1.76. The molecule has 0 aliphatic carbocycles. The summed E-state index contributed by atoms with van der Waals surface area (Å²) in [5.41, 5.74) is 0.650. The Kier molecular flexibility index (Phi) is 5.62. The molecule has 1 rings (SSSR count). The van der Waals surface area contributed by atoms with Crippen molar-refractivity contribution in [3.63, 3.8) is 0 Å². The van der Waals surface area contributed by atoms with Gasteiger partial charge in [-0.2, -0.15) is 5.26 Å². The number of amides is 1. The molecule has 1 N–H and O–H groups in total. The Bertz CT molecular complexity index is 491. The van der Waals surface area contributed by atoms with E-state index in [1.165, 1.54) is 11.8 Å². The van der Waals surface area contributed by atoms with Crippen molar-refractivity contribution in [3.05, 3.63) is 38.5 Å². The van der Waals surface area contributed by atoms with E-state index in [1.807, 2.05) is 18.2 Å². The molecule has 0 atom stereocenters. The maximum Gasteiger partial charge on any atom is 0.268 e. The highest BCUT2D eigenvalue weighted by Crippen LogP contribution is 2.22. The molecule has 1 aromatic carbocycles. The molecule has 0 heterocycles. The largest absolute Gasteiger partial charge is 0.321 e. The topological polar surface area (TPSA) is 52.9 Å². The van der Waals surface area contributed by atoms with Crippen molar-refractivity contribution in [2.75, 3.05) is 11.6 Å². The van der Waals surface area contributed by atoms with Crippen molar-refractivity contribution >= 4 is 51.9 Å². The molecule has 1 amide bonds. The lowest BCUT2D eigenvalue weighted by Crippen LogP contribution is -2.14. The quantitative estimate of drug-likeness (QED) is 0.508. The number of nitrogens with zero attached hydrogens (tertiary/aromatic N) is 1. The number of carbonyl (C=O) groups is 1. The maximum absolute atomic E-state index is 11.8. The highest BCUT2D eigenvalue weighted by atomic mass is 79.9. The van der Waals surface area contributed by atoms with Gasteiger partial charge in [-0.1, -0.05) is 15.9 Å². The number of anilines is 1. The summed E-state index contributed by atoms with van der Waals surface area (Å²) in [4.78, 5) is 11.8. The summed E-state index contributed by atoms with van der Waals surface area (Å²) in [5, 5.41) is 11.5. The van der Waals surface area contributed by atoms with E-state index in [1.54, 1.807) is 18.4 Å². The molecule has 0 saturated heterocycles. The van der Waals surface area contributed by atoms with Gasteiger partial charge in [0.25, 0.3) is 5.91 Å². The van der Waals surface area contributed by atoms with Crippen LogP contribution in [-0.2, 0) is 4.79 Å². The van der Waals surface area contributed by atoms with Gasteiger partial charge in [0.15, 0.2) is 0 Å². The Morgan fingerprint density at radius 3 is 2.53 bits per heavy atom. The number of thiol groups is 1. The summed E-state index contributed by atoms with van der Waals surface area (Å²) in [6.45, 7) is 0. The normalized spacial score (nSPS) is 11.4. The van der Waals surface area contributed by atoms with E-state index in [2.05, 4.69) is 33.9 Å². The van der Waals surface area contributed by atoms with Crippen LogP contribution in [0.3, 0.4) is 0 Å². The molecular formula is C11H9BrN2OS2. The average molecular weight is 329 g/mol. The predicted octanol–water partition coefficient (Wildman–Crippen LogP) is 3.42. The van der Waals surface area contributed by atoms with Gasteiger partial charge < -0.3 is 5.32 Å². The van der Waals surface area contributed by atoms with Crippen molar-refractivity contribution in [1.29, 1.82) is 5.26 Å². The average Bonchev–Trinajstić information content (AvgIpc) is 2.32. The minimum atomic E-state index is -0.450. The molecule has 0 aliphatic heterocycles. The van der Waals surface area contributed by atoms with Gasteiger partial charge in [-0.25, -0.2) is 0 Å². The van der Waals surface area contributed by atoms with Crippen molar-refractivity contribution in [1.82, 2.24) is 0 Å².